The second-order valence-corrected chi connectivity index (χ2v) is 2.50. The molecule has 0 atom stereocenters. The lowest BCUT2D eigenvalue weighted by atomic mass is 10.2. The Morgan fingerprint density at radius 2 is 2.18 bits per heavy atom. The number of phenols is 1. The highest BCUT2D eigenvalue weighted by atomic mass is 16.3. The number of rotatable bonds is 2. The summed E-state index contributed by atoms with van der Waals surface area (Å²) in [6.45, 7) is 4.72. The van der Waals surface area contributed by atoms with E-state index in [0.717, 1.165) is 17.8 Å². The zero-order chi connectivity index (χ0) is 8.27. The lowest BCUT2D eigenvalue weighted by molar-refractivity contribution is 0.473. The molecule has 0 aromatic heterocycles. The first-order chi connectivity index (χ1) is 5.25. The number of hydrogen-bond donors (Lipinski definition) is 2. The number of hydrogen-bond acceptors (Lipinski definition) is 2. The SMILES string of the molecule is CCNc1cccc(C)c1O. The summed E-state index contributed by atoms with van der Waals surface area (Å²) in [7, 11) is 0. The third kappa shape index (κ3) is 1.64. The van der Waals surface area contributed by atoms with E-state index in [1.165, 1.54) is 0 Å². The number of benzene rings is 1. The molecule has 0 saturated heterocycles. The molecule has 2 heteroatoms. The summed E-state index contributed by atoms with van der Waals surface area (Å²) in [6.07, 6.45) is 0. The number of aryl methyl sites for hydroxylation is 1. The first-order valence-electron chi connectivity index (χ1n) is 3.78. The molecule has 0 aliphatic carbocycles. The van der Waals surface area contributed by atoms with Gasteiger partial charge in [0.25, 0.3) is 0 Å². The number of aromatic hydroxyl groups is 1. The first-order valence-corrected chi connectivity index (χ1v) is 3.78. The molecule has 2 nitrogen and oxygen atoms in total. The molecule has 60 valence electrons. The van der Waals surface area contributed by atoms with Crippen LogP contribution in [0, 0.1) is 6.92 Å². The average Bonchev–Trinajstić information content (AvgIpc) is 1.99. The van der Waals surface area contributed by atoms with E-state index in [0.29, 0.717) is 5.75 Å². The van der Waals surface area contributed by atoms with E-state index in [9.17, 15) is 5.11 Å². The van der Waals surface area contributed by atoms with Gasteiger partial charge in [-0.15, -0.1) is 0 Å². The van der Waals surface area contributed by atoms with Gasteiger partial charge < -0.3 is 10.4 Å². The number of anilines is 1. The van der Waals surface area contributed by atoms with Crippen molar-refractivity contribution in [2.75, 3.05) is 11.9 Å². The van der Waals surface area contributed by atoms with E-state index in [-0.39, 0.29) is 0 Å². The van der Waals surface area contributed by atoms with Crippen LogP contribution < -0.4 is 5.32 Å². The molecular formula is C9H13NO. The van der Waals surface area contributed by atoms with Crippen LogP contribution in [0.3, 0.4) is 0 Å². The summed E-state index contributed by atoms with van der Waals surface area (Å²) in [6, 6.07) is 5.68. The molecule has 0 saturated carbocycles. The van der Waals surface area contributed by atoms with E-state index in [1.807, 2.05) is 32.0 Å². The Morgan fingerprint density at radius 1 is 1.45 bits per heavy atom. The molecule has 0 amide bonds. The van der Waals surface area contributed by atoms with Gasteiger partial charge in [-0.25, -0.2) is 0 Å². The van der Waals surface area contributed by atoms with Crippen molar-refractivity contribution in [1.82, 2.24) is 0 Å². The van der Waals surface area contributed by atoms with Crippen molar-refractivity contribution >= 4 is 5.69 Å². The number of phenolic OH excluding ortho intramolecular Hbond substituents is 1. The van der Waals surface area contributed by atoms with Gasteiger partial charge in [0.05, 0.1) is 5.69 Å². The van der Waals surface area contributed by atoms with Crippen LogP contribution in [0.15, 0.2) is 18.2 Å². The van der Waals surface area contributed by atoms with Gasteiger partial charge in [0.1, 0.15) is 5.75 Å². The van der Waals surface area contributed by atoms with Gasteiger partial charge in [0.2, 0.25) is 0 Å². The Morgan fingerprint density at radius 3 is 2.82 bits per heavy atom. The maximum Gasteiger partial charge on any atom is 0.141 e. The fourth-order valence-electron chi connectivity index (χ4n) is 0.992. The van der Waals surface area contributed by atoms with Crippen molar-refractivity contribution in [1.29, 1.82) is 0 Å². The molecule has 0 bridgehead atoms. The second-order valence-electron chi connectivity index (χ2n) is 2.50. The molecule has 0 spiro atoms. The van der Waals surface area contributed by atoms with E-state index in [1.54, 1.807) is 0 Å². The van der Waals surface area contributed by atoms with Gasteiger partial charge in [0.15, 0.2) is 0 Å². The van der Waals surface area contributed by atoms with Gasteiger partial charge in [0, 0.05) is 6.54 Å². The standard InChI is InChI=1S/C9H13NO/c1-3-10-8-6-4-5-7(2)9(8)11/h4-6,10-11H,3H2,1-2H3. The fraction of sp³-hybridized carbons (Fsp3) is 0.333. The van der Waals surface area contributed by atoms with Gasteiger partial charge in [-0.1, -0.05) is 12.1 Å². The molecule has 0 radical (unpaired) electrons. The number of nitrogens with one attached hydrogen (secondary N) is 1. The van der Waals surface area contributed by atoms with Crippen molar-refractivity contribution in [3.8, 4) is 5.75 Å². The molecule has 0 fully saturated rings. The number of para-hydroxylation sites is 1. The molecule has 0 aliphatic heterocycles. The van der Waals surface area contributed by atoms with Crippen molar-refractivity contribution in [2.45, 2.75) is 13.8 Å². The highest BCUT2D eigenvalue weighted by Gasteiger charge is 1.99. The summed E-state index contributed by atoms with van der Waals surface area (Å²) in [5.41, 5.74) is 1.72. The van der Waals surface area contributed by atoms with Gasteiger partial charge >= 0.3 is 0 Å². The molecule has 0 aliphatic rings. The summed E-state index contributed by atoms with van der Waals surface area (Å²) in [4.78, 5) is 0. The fourth-order valence-corrected chi connectivity index (χ4v) is 0.992. The summed E-state index contributed by atoms with van der Waals surface area (Å²) < 4.78 is 0. The Labute approximate surface area is 66.9 Å². The lowest BCUT2D eigenvalue weighted by Crippen LogP contribution is -1.96. The van der Waals surface area contributed by atoms with Crippen molar-refractivity contribution in [3.63, 3.8) is 0 Å². The first kappa shape index (κ1) is 7.92. The highest BCUT2D eigenvalue weighted by Crippen LogP contribution is 2.25. The highest BCUT2D eigenvalue weighted by molar-refractivity contribution is 5.58. The Hall–Kier alpha value is -1.18. The lowest BCUT2D eigenvalue weighted by Gasteiger charge is -2.06. The van der Waals surface area contributed by atoms with E-state index in [2.05, 4.69) is 5.32 Å². The molecule has 1 rings (SSSR count). The minimum Gasteiger partial charge on any atom is -0.506 e. The average molecular weight is 151 g/mol. The van der Waals surface area contributed by atoms with E-state index >= 15 is 0 Å². The Balaban J connectivity index is 2.96. The maximum atomic E-state index is 9.47. The van der Waals surface area contributed by atoms with Crippen LogP contribution in [0.5, 0.6) is 5.75 Å². The van der Waals surface area contributed by atoms with Gasteiger partial charge in [-0.05, 0) is 25.5 Å². The molecule has 0 heterocycles. The zero-order valence-corrected chi connectivity index (χ0v) is 6.89. The van der Waals surface area contributed by atoms with Crippen LogP contribution >= 0.6 is 0 Å². The molecule has 11 heavy (non-hydrogen) atoms. The Kier molecular flexibility index (Phi) is 2.36. The maximum absolute atomic E-state index is 9.47. The normalized spacial score (nSPS) is 9.64. The molecule has 2 N–H and O–H groups in total. The predicted molar refractivity (Wildman–Crippen MR) is 47.0 cm³/mol. The van der Waals surface area contributed by atoms with E-state index in [4.69, 9.17) is 0 Å². The van der Waals surface area contributed by atoms with Crippen molar-refractivity contribution in [3.05, 3.63) is 23.8 Å². The smallest absolute Gasteiger partial charge is 0.141 e. The zero-order valence-electron chi connectivity index (χ0n) is 6.89. The molecule has 0 unspecified atom stereocenters. The van der Waals surface area contributed by atoms with Gasteiger partial charge in [-0.3, -0.25) is 0 Å². The summed E-state index contributed by atoms with van der Waals surface area (Å²) >= 11 is 0. The summed E-state index contributed by atoms with van der Waals surface area (Å²) in [5.74, 6) is 0.356. The monoisotopic (exact) mass is 151 g/mol. The predicted octanol–water partition coefficient (Wildman–Crippen LogP) is 2.13. The minimum absolute atomic E-state index is 0.356. The van der Waals surface area contributed by atoms with Crippen LogP contribution in [0.4, 0.5) is 5.69 Å². The van der Waals surface area contributed by atoms with Crippen LogP contribution in [0.2, 0.25) is 0 Å². The van der Waals surface area contributed by atoms with Crippen LogP contribution in [0.25, 0.3) is 0 Å². The van der Waals surface area contributed by atoms with Crippen molar-refractivity contribution < 1.29 is 5.11 Å². The third-order valence-electron chi connectivity index (χ3n) is 1.60. The topological polar surface area (TPSA) is 32.3 Å². The van der Waals surface area contributed by atoms with Crippen molar-refractivity contribution in [2.24, 2.45) is 0 Å². The minimum atomic E-state index is 0.356. The second kappa shape index (κ2) is 3.28. The van der Waals surface area contributed by atoms with Crippen LogP contribution in [0.1, 0.15) is 12.5 Å². The largest absolute Gasteiger partial charge is 0.506 e. The summed E-state index contributed by atoms with van der Waals surface area (Å²) in [5, 5.41) is 12.5. The quantitative estimate of drug-likeness (QED) is 0.634. The van der Waals surface area contributed by atoms with Crippen LogP contribution in [-0.2, 0) is 0 Å². The molecule has 1 aromatic rings. The molecular weight excluding hydrogens is 138 g/mol. The van der Waals surface area contributed by atoms with E-state index < -0.39 is 0 Å². The van der Waals surface area contributed by atoms with Gasteiger partial charge in [-0.2, -0.15) is 0 Å². The van der Waals surface area contributed by atoms with Crippen LogP contribution in [-0.4, -0.2) is 11.7 Å². The Bertz CT molecular complexity index is 245. The third-order valence-corrected chi connectivity index (χ3v) is 1.60. The molecule has 1 aromatic carbocycles.